The van der Waals surface area contributed by atoms with E-state index < -0.39 is 17.6 Å². The molecule has 0 bridgehead atoms. The lowest BCUT2D eigenvalue weighted by molar-refractivity contribution is -0.137. The standard InChI is InChI=1S/C14H8F4N2/c15-9-3-4-10(11(7-9)14(16,17)18)12-6-8-2-1-5-19-13(8)20-12/h1-7H,(H,19,20). The minimum Gasteiger partial charge on any atom is -0.339 e. The Morgan fingerprint density at radius 1 is 1.05 bits per heavy atom. The molecule has 0 unspecified atom stereocenters. The molecule has 0 spiro atoms. The summed E-state index contributed by atoms with van der Waals surface area (Å²) in [5, 5.41) is 0.694. The van der Waals surface area contributed by atoms with Gasteiger partial charge >= 0.3 is 6.18 Å². The summed E-state index contributed by atoms with van der Waals surface area (Å²) in [5.74, 6) is -0.921. The molecule has 0 fully saturated rings. The van der Waals surface area contributed by atoms with Gasteiger partial charge in [0.2, 0.25) is 0 Å². The maximum Gasteiger partial charge on any atom is 0.417 e. The topological polar surface area (TPSA) is 28.7 Å². The third-order valence-electron chi connectivity index (χ3n) is 2.97. The van der Waals surface area contributed by atoms with Gasteiger partial charge in [-0.1, -0.05) is 0 Å². The number of aromatic amines is 1. The van der Waals surface area contributed by atoms with Crippen LogP contribution in [0.1, 0.15) is 5.56 Å². The summed E-state index contributed by atoms with van der Waals surface area (Å²) < 4.78 is 52.0. The van der Waals surface area contributed by atoms with E-state index in [-0.39, 0.29) is 11.3 Å². The van der Waals surface area contributed by atoms with Crippen molar-refractivity contribution in [2.45, 2.75) is 6.18 Å². The highest BCUT2D eigenvalue weighted by atomic mass is 19.4. The molecule has 3 aromatic rings. The molecule has 0 saturated heterocycles. The first kappa shape index (κ1) is 12.7. The van der Waals surface area contributed by atoms with Crippen LogP contribution in [0.25, 0.3) is 22.3 Å². The molecule has 102 valence electrons. The summed E-state index contributed by atoms with van der Waals surface area (Å²) in [6.45, 7) is 0. The van der Waals surface area contributed by atoms with E-state index in [0.29, 0.717) is 17.1 Å². The Labute approximate surface area is 111 Å². The number of halogens is 4. The zero-order chi connectivity index (χ0) is 14.3. The summed E-state index contributed by atoms with van der Waals surface area (Å²) >= 11 is 0. The van der Waals surface area contributed by atoms with E-state index in [4.69, 9.17) is 0 Å². The molecule has 1 N–H and O–H groups in total. The fourth-order valence-corrected chi connectivity index (χ4v) is 2.09. The molecule has 6 heteroatoms. The van der Waals surface area contributed by atoms with Crippen LogP contribution < -0.4 is 0 Å². The summed E-state index contributed by atoms with van der Waals surface area (Å²) in [4.78, 5) is 6.84. The van der Waals surface area contributed by atoms with Crippen LogP contribution in [-0.4, -0.2) is 9.97 Å². The monoisotopic (exact) mass is 280 g/mol. The minimum absolute atomic E-state index is 0.100. The van der Waals surface area contributed by atoms with Crippen molar-refractivity contribution in [2.24, 2.45) is 0 Å². The third-order valence-corrected chi connectivity index (χ3v) is 2.97. The average molecular weight is 280 g/mol. The lowest BCUT2D eigenvalue weighted by Crippen LogP contribution is -2.07. The van der Waals surface area contributed by atoms with Crippen molar-refractivity contribution in [3.8, 4) is 11.3 Å². The van der Waals surface area contributed by atoms with Gasteiger partial charge in [-0.3, -0.25) is 0 Å². The van der Waals surface area contributed by atoms with Gasteiger partial charge in [-0.05, 0) is 36.4 Å². The number of alkyl halides is 3. The molecule has 2 aromatic heterocycles. The van der Waals surface area contributed by atoms with Gasteiger partial charge in [0.1, 0.15) is 11.5 Å². The number of aromatic nitrogens is 2. The van der Waals surface area contributed by atoms with Gasteiger partial charge in [-0.2, -0.15) is 13.2 Å². The highest BCUT2D eigenvalue weighted by molar-refractivity contribution is 5.83. The number of rotatable bonds is 1. The molecule has 0 aliphatic rings. The van der Waals surface area contributed by atoms with Gasteiger partial charge in [0.05, 0.1) is 5.56 Å². The fourth-order valence-electron chi connectivity index (χ4n) is 2.09. The second kappa shape index (κ2) is 4.33. The van der Waals surface area contributed by atoms with Crippen LogP contribution in [0.5, 0.6) is 0 Å². The first-order valence-electron chi connectivity index (χ1n) is 5.76. The molecule has 0 amide bonds. The van der Waals surface area contributed by atoms with E-state index in [9.17, 15) is 17.6 Å². The van der Waals surface area contributed by atoms with Crippen LogP contribution in [0.4, 0.5) is 17.6 Å². The summed E-state index contributed by atoms with van der Waals surface area (Å²) in [6.07, 6.45) is -3.08. The van der Waals surface area contributed by atoms with Gasteiger partial charge in [-0.15, -0.1) is 0 Å². The van der Waals surface area contributed by atoms with E-state index in [2.05, 4.69) is 9.97 Å². The van der Waals surface area contributed by atoms with Gasteiger partial charge < -0.3 is 4.98 Å². The lowest BCUT2D eigenvalue weighted by atomic mass is 10.0. The normalized spacial score (nSPS) is 12.0. The number of hydrogen-bond donors (Lipinski definition) is 1. The van der Waals surface area contributed by atoms with Crippen LogP contribution in [0.2, 0.25) is 0 Å². The molecule has 2 nitrogen and oxygen atoms in total. The fraction of sp³-hybridized carbons (Fsp3) is 0.0714. The Bertz CT molecular complexity index is 741. The Morgan fingerprint density at radius 3 is 2.55 bits per heavy atom. The van der Waals surface area contributed by atoms with Crippen molar-refractivity contribution in [1.82, 2.24) is 9.97 Å². The summed E-state index contributed by atoms with van der Waals surface area (Å²) in [5.41, 5.74) is -0.369. The third kappa shape index (κ3) is 2.13. The number of fused-ring (bicyclic) bond motifs is 1. The first-order chi connectivity index (χ1) is 9.45. The molecular weight excluding hydrogens is 272 g/mol. The largest absolute Gasteiger partial charge is 0.417 e. The zero-order valence-electron chi connectivity index (χ0n) is 10.0. The van der Waals surface area contributed by atoms with E-state index in [1.54, 1.807) is 18.2 Å². The molecule has 0 aliphatic heterocycles. The SMILES string of the molecule is Fc1ccc(-c2cc3cccnc3[nH]2)c(C(F)(F)F)c1. The van der Waals surface area contributed by atoms with Crippen molar-refractivity contribution in [1.29, 1.82) is 0 Å². The molecule has 2 heterocycles. The zero-order valence-corrected chi connectivity index (χ0v) is 10.0. The van der Waals surface area contributed by atoms with E-state index in [1.807, 2.05) is 0 Å². The maximum atomic E-state index is 13.1. The van der Waals surface area contributed by atoms with E-state index >= 15 is 0 Å². The Balaban J connectivity index is 2.23. The van der Waals surface area contributed by atoms with Crippen LogP contribution in [-0.2, 0) is 6.18 Å². The lowest BCUT2D eigenvalue weighted by Gasteiger charge is -2.11. The van der Waals surface area contributed by atoms with Crippen LogP contribution in [0.3, 0.4) is 0 Å². The maximum absolute atomic E-state index is 13.1. The Hall–Kier alpha value is -2.37. The predicted octanol–water partition coefficient (Wildman–Crippen LogP) is 4.39. The van der Waals surface area contributed by atoms with Crippen molar-refractivity contribution >= 4 is 11.0 Å². The highest BCUT2D eigenvalue weighted by Gasteiger charge is 2.34. The second-order valence-electron chi connectivity index (χ2n) is 4.31. The number of nitrogens with zero attached hydrogens (tertiary/aromatic N) is 1. The highest BCUT2D eigenvalue weighted by Crippen LogP contribution is 2.37. The van der Waals surface area contributed by atoms with Crippen molar-refractivity contribution in [2.75, 3.05) is 0 Å². The smallest absolute Gasteiger partial charge is 0.339 e. The number of pyridine rings is 1. The average Bonchev–Trinajstić information content (AvgIpc) is 2.81. The molecule has 20 heavy (non-hydrogen) atoms. The number of H-pyrrole nitrogens is 1. The predicted molar refractivity (Wildman–Crippen MR) is 66.5 cm³/mol. The van der Waals surface area contributed by atoms with Gasteiger partial charge in [0, 0.05) is 22.8 Å². The summed E-state index contributed by atoms with van der Waals surface area (Å²) in [7, 11) is 0. The summed E-state index contributed by atoms with van der Waals surface area (Å²) in [6, 6.07) is 7.60. The second-order valence-corrected chi connectivity index (χ2v) is 4.31. The minimum atomic E-state index is -4.62. The number of benzene rings is 1. The van der Waals surface area contributed by atoms with Gasteiger partial charge in [-0.25, -0.2) is 9.37 Å². The molecule has 0 atom stereocenters. The van der Waals surface area contributed by atoms with Gasteiger partial charge in [0.15, 0.2) is 0 Å². The Kier molecular flexibility index (Phi) is 2.74. The molecule has 3 rings (SSSR count). The quantitative estimate of drug-likeness (QED) is 0.658. The van der Waals surface area contributed by atoms with E-state index in [0.717, 1.165) is 12.1 Å². The molecule has 0 aliphatic carbocycles. The molecule has 0 saturated carbocycles. The van der Waals surface area contributed by atoms with Crippen LogP contribution in [0.15, 0.2) is 42.6 Å². The van der Waals surface area contributed by atoms with Gasteiger partial charge in [0.25, 0.3) is 0 Å². The van der Waals surface area contributed by atoms with Crippen molar-refractivity contribution < 1.29 is 17.6 Å². The van der Waals surface area contributed by atoms with Crippen molar-refractivity contribution in [3.63, 3.8) is 0 Å². The Morgan fingerprint density at radius 2 is 1.85 bits per heavy atom. The van der Waals surface area contributed by atoms with Crippen LogP contribution >= 0.6 is 0 Å². The molecule has 0 radical (unpaired) electrons. The van der Waals surface area contributed by atoms with E-state index in [1.165, 1.54) is 6.20 Å². The van der Waals surface area contributed by atoms with Crippen LogP contribution in [0, 0.1) is 5.82 Å². The molecular formula is C14H8F4N2. The number of hydrogen-bond acceptors (Lipinski definition) is 1. The number of nitrogens with one attached hydrogen (secondary N) is 1. The molecule has 1 aromatic carbocycles. The first-order valence-corrected chi connectivity index (χ1v) is 5.76. The van der Waals surface area contributed by atoms with Crippen molar-refractivity contribution in [3.05, 3.63) is 54.0 Å².